The Kier molecular flexibility index (Phi) is 3.30. The van der Waals surface area contributed by atoms with Crippen LogP contribution in [0.1, 0.15) is 33.0 Å². The summed E-state index contributed by atoms with van der Waals surface area (Å²) in [6.07, 6.45) is 2.43. The first-order chi connectivity index (χ1) is 7.58. The SMILES string of the molecule is Cc1cc(C(=O)NCC(N)C2CC2)sc1C. The van der Waals surface area contributed by atoms with E-state index in [1.807, 2.05) is 19.9 Å². The minimum atomic E-state index is 0.0114. The molecule has 1 fully saturated rings. The molecule has 16 heavy (non-hydrogen) atoms. The molecule has 88 valence electrons. The molecule has 1 aromatic rings. The molecule has 2 rings (SSSR count). The zero-order chi connectivity index (χ0) is 11.7. The maximum Gasteiger partial charge on any atom is 0.261 e. The van der Waals surface area contributed by atoms with E-state index in [0.717, 1.165) is 4.88 Å². The van der Waals surface area contributed by atoms with Gasteiger partial charge in [-0.25, -0.2) is 0 Å². The average molecular weight is 238 g/mol. The number of amides is 1. The van der Waals surface area contributed by atoms with Gasteiger partial charge < -0.3 is 11.1 Å². The molecule has 0 spiro atoms. The lowest BCUT2D eigenvalue weighted by Gasteiger charge is -2.10. The van der Waals surface area contributed by atoms with Gasteiger partial charge in [-0.1, -0.05) is 0 Å². The summed E-state index contributed by atoms with van der Waals surface area (Å²) in [4.78, 5) is 13.8. The van der Waals surface area contributed by atoms with Crippen LogP contribution in [0, 0.1) is 19.8 Å². The van der Waals surface area contributed by atoms with Crippen molar-refractivity contribution in [2.24, 2.45) is 11.7 Å². The minimum Gasteiger partial charge on any atom is -0.350 e. The number of hydrogen-bond acceptors (Lipinski definition) is 3. The van der Waals surface area contributed by atoms with E-state index in [4.69, 9.17) is 5.73 Å². The van der Waals surface area contributed by atoms with E-state index in [1.165, 1.54) is 23.3 Å². The maximum absolute atomic E-state index is 11.8. The minimum absolute atomic E-state index is 0.0114. The Labute approximate surface area is 100 Å². The van der Waals surface area contributed by atoms with Crippen LogP contribution in [0.2, 0.25) is 0 Å². The zero-order valence-electron chi connectivity index (χ0n) is 9.75. The van der Waals surface area contributed by atoms with Crippen LogP contribution in [-0.2, 0) is 0 Å². The molecule has 0 aromatic carbocycles. The Hall–Kier alpha value is -0.870. The lowest BCUT2D eigenvalue weighted by Crippen LogP contribution is -2.38. The molecule has 0 bridgehead atoms. The molecule has 1 unspecified atom stereocenters. The van der Waals surface area contributed by atoms with E-state index >= 15 is 0 Å². The smallest absolute Gasteiger partial charge is 0.261 e. The number of hydrogen-bond donors (Lipinski definition) is 2. The van der Waals surface area contributed by atoms with E-state index in [2.05, 4.69) is 5.32 Å². The van der Waals surface area contributed by atoms with Crippen molar-refractivity contribution < 1.29 is 4.79 Å². The molecule has 1 aromatic heterocycles. The standard InChI is InChI=1S/C12H18N2OS/c1-7-5-11(16-8(7)2)12(15)14-6-10(13)9-3-4-9/h5,9-10H,3-4,6,13H2,1-2H3,(H,14,15). The van der Waals surface area contributed by atoms with Gasteiger partial charge in [0.15, 0.2) is 0 Å². The predicted octanol–water partition coefficient (Wildman–Crippen LogP) is 1.83. The summed E-state index contributed by atoms with van der Waals surface area (Å²) in [5, 5.41) is 2.91. The van der Waals surface area contributed by atoms with Gasteiger partial charge in [-0.3, -0.25) is 4.79 Å². The molecule has 1 amide bonds. The highest BCUT2D eigenvalue weighted by Crippen LogP contribution is 2.31. The van der Waals surface area contributed by atoms with Gasteiger partial charge in [-0.15, -0.1) is 11.3 Å². The van der Waals surface area contributed by atoms with E-state index in [9.17, 15) is 4.79 Å². The largest absolute Gasteiger partial charge is 0.350 e. The summed E-state index contributed by atoms with van der Waals surface area (Å²) < 4.78 is 0. The molecule has 1 aliphatic carbocycles. The van der Waals surface area contributed by atoms with E-state index < -0.39 is 0 Å². The summed E-state index contributed by atoms with van der Waals surface area (Å²) >= 11 is 1.55. The van der Waals surface area contributed by atoms with Gasteiger partial charge in [-0.2, -0.15) is 0 Å². The van der Waals surface area contributed by atoms with Crippen LogP contribution in [-0.4, -0.2) is 18.5 Å². The summed E-state index contributed by atoms with van der Waals surface area (Å²) in [6, 6.07) is 2.07. The third-order valence-electron chi connectivity index (χ3n) is 3.12. The van der Waals surface area contributed by atoms with E-state index in [-0.39, 0.29) is 11.9 Å². The molecule has 1 aliphatic rings. The summed E-state index contributed by atoms with van der Waals surface area (Å²) in [5.41, 5.74) is 7.11. The van der Waals surface area contributed by atoms with Crippen molar-refractivity contribution in [1.29, 1.82) is 0 Å². The van der Waals surface area contributed by atoms with Gasteiger partial charge in [0, 0.05) is 17.5 Å². The van der Waals surface area contributed by atoms with Crippen molar-refractivity contribution in [2.45, 2.75) is 32.7 Å². The molecule has 4 heteroatoms. The quantitative estimate of drug-likeness (QED) is 0.841. The van der Waals surface area contributed by atoms with Gasteiger partial charge >= 0.3 is 0 Å². The third-order valence-corrected chi connectivity index (χ3v) is 4.27. The average Bonchev–Trinajstić information content (AvgIpc) is 3.03. The summed E-state index contributed by atoms with van der Waals surface area (Å²) in [5.74, 6) is 0.643. The Bertz CT molecular complexity index is 376. The van der Waals surface area contributed by atoms with Crippen LogP contribution in [0.25, 0.3) is 0 Å². The lowest BCUT2D eigenvalue weighted by atomic mass is 10.2. The van der Waals surface area contributed by atoms with Crippen LogP contribution < -0.4 is 11.1 Å². The normalized spacial score (nSPS) is 17.2. The topological polar surface area (TPSA) is 55.1 Å². The highest BCUT2D eigenvalue weighted by molar-refractivity contribution is 7.14. The molecule has 1 atom stereocenters. The molecule has 3 nitrogen and oxygen atoms in total. The van der Waals surface area contributed by atoms with Crippen molar-refractivity contribution in [2.75, 3.05) is 6.54 Å². The first kappa shape index (κ1) is 11.6. The number of rotatable bonds is 4. The van der Waals surface area contributed by atoms with Gasteiger partial charge in [-0.05, 0) is 44.2 Å². The van der Waals surface area contributed by atoms with Gasteiger partial charge in [0.05, 0.1) is 4.88 Å². The highest BCUT2D eigenvalue weighted by Gasteiger charge is 2.28. The number of aryl methyl sites for hydroxylation is 2. The third kappa shape index (κ3) is 2.62. The van der Waals surface area contributed by atoms with E-state index in [0.29, 0.717) is 12.5 Å². The van der Waals surface area contributed by atoms with Crippen molar-refractivity contribution in [1.82, 2.24) is 5.32 Å². The molecular formula is C12H18N2OS. The Morgan fingerprint density at radius 3 is 2.81 bits per heavy atom. The maximum atomic E-state index is 11.8. The van der Waals surface area contributed by atoms with Gasteiger partial charge in [0.25, 0.3) is 5.91 Å². The number of nitrogens with one attached hydrogen (secondary N) is 1. The Morgan fingerprint density at radius 2 is 2.31 bits per heavy atom. The lowest BCUT2D eigenvalue weighted by molar-refractivity contribution is 0.0954. The second kappa shape index (κ2) is 4.55. The Morgan fingerprint density at radius 1 is 1.62 bits per heavy atom. The van der Waals surface area contributed by atoms with Crippen molar-refractivity contribution in [3.05, 3.63) is 21.4 Å². The molecule has 1 saturated carbocycles. The number of carbonyl (C=O) groups excluding carboxylic acids is 1. The molecule has 0 saturated heterocycles. The fourth-order valence-corrected chi connectivity index (χ4v) is 2.62. The van der Waals surface area contributed by atoms with E-state index in [1.54, 1.807) is 11.3 Å². The molecule has 0 radical (unpaired) electrons. The Balaban J connectivity index is 1.87. The van der Waals surface area contributed by atoms with Crippen molar-refractivity contribution in [3.8, 4) is 0 Å². The second-order valence-electron chi connectivity index (χ2n) is 4.56. The van der Waals surface area contributed by atoms with Crippen LogP contribution in [0.3, 0.4) is 0 Å². The van der Waals surface area contributed by atoms with Crippen molar-refractivity contribution in [3.63, 3.8) is 0 Å². The fourth-order valence-electron chi connectivity index (χ4n) is 1.67. The monoisotopic (exact) mass is 238 g/mol. The first-order valence-corrected chi connectivity index (χ1v) is 6.50. The molecule has 0 aliphatic heterocycles. The fraction of sp³-hybridized carbons (Fsp3) is 0.583. The predicted molar refractivity (Wildman–Crippen MR) is 66.8 cm³/mol. The van der Waals surface area contributed by atoms with Crippen LogP contribution in [0.5, 0.6) is 0 Å². The number of nitrogens with two attached hydrogens (primary N) is 1. The summed E-state index contributed by atoms with van der Waals surface area (Å²) in [6.45, 7) is 4.66. The number of carbonyl (C=O) groups is 1. The van der Waals surface area contributed by atoms with Crippen LogP contribution in [0.15, 0.2) is 6.07 Å². The zero-order valence-corrected chi connectivity index (χ0v) is 10.6. The first-order valence-electron chi connectivity index (χ1n) is 5.68. The van der Waals surface area contributed by atoms with Crippen molar-refractivity contribution >= 4 is 17.2 Å². The second-order valence-corrected chi connectivity index (χ2v) is 5.82. The van der Waals surface area contributed by atoms with Crippen LogP contribution >= 0.6 is 11.3 Å². The number of thiophene rings is 1. The highest BCUT2D eigenvalue weighted by atomic mass is 32.1. The van der Waals surface area contributed by atoms with Gasteiger partial charge in [0.1, 0.15) is 0 Å². The molecular weight excluding hydrogens is 220 g/mol. The summed E-state index contributed by atoms with van der Waals surface area (Å²) in [7, 11) is 0. The molecule has 1 heterocycles. The molecule has 3 N–H and O–H groups in total. The van der Waals surface area contributed by atoms with Crippen LogP contribution in [0.4, 0.5) is 0 Å². The van der Waals surface area contributed by atoms with Gasteiger partial charge in [0.2, 0.25) is 0 Å².